The van der Waals surface area contributed by atoms with E-state index in [2.05, 4.69) is 10.6 Å². The van der Waals surface area contributed by atoms with E-state index in [1.54, 1.807) is 60.6 Å². The number of fused-ring (bicyclic) bond motifs is 2. The number of anilines is 1. The Hall–Kier alpha value is -2.64. The van der Waals surface area contributed by atoms with Crippen molar-refractivity contribution in [3.8, 4) is 5.75 Å². The summed E-state index contributed by atoms with van der Waals surface area (Å²) in [6.07, 6.45) is -0.0136. The molecule has 0 saturated carbocycles. The number of carbonyl (C=O) groups excluding carboxylic acids is 2. The Kier molecular flexibility index (Phi) is 12.9. The molecule has 14 nitrogen and oxygen atoms in total. The molecule has 272 valence electrons. The summed E-state index contributed by atoms with van der Waals surface area (Å²) < 4.78 is 55.8. The molecular formula is C32H47N3O11P2S. The SMILES string of the molecule is CCOc1c(NCCC(P(=O)(OCC)OCC)P(=O)(OCC)OCC)cc2ccccc2c1C(=O)NC1C(=O)N2C1SC(C)(C)C2C(=O)O. The number of β-lactam (4-membered cyclic amide) rings is 1. The zero-order valence-corrected chi connectivity index (χ0v) is 31.5. The number of aliphatic carboxylic acids is 1. The van der Waals surface area contributed by atoms with Gasteiger partial charge in [-0.15, -0.1) is 11.8 Å². The van der Waals surface area contributed by atoms with E-state index in [-0.39, 0.29) is 57.3 Å². The summed E-state index contributed by atoms with van der Waals surface area (Å²) in [5.41, 5.74) is 0.615. The van der Waals surface area contributed by atoms with Gasteiger partial charge in [0.15, 0.2) is 11.1 Å². The van der Waals surface area contributed by atoms with Gasteiger partial charge in [-0.1, -0.05) is 24.3 Å². The minimum Gasteiger partial charge on any atom is -0.491 e. The largest absolute Gasteiger partial charge is 0.491 e. The lowest BCUT2D eigenvalue weighted by molar-refractivity contribution is -0.159. The summed E-state index contributed by atoms with van der Waals surface area (Å²) in [5.74, 6) is -1.91. The van der Waals surface area contributed by atoms with Crippen molar-refractivity contribution in [3.05, 3.63) is 35.9 Å². The van der Waals surface area contributed by atoms with Gasteiger partial charge >= 0.3 is 21.2 Å². The third-order valence-corrected chi connectivity index (χ3v) is 15.9. The van der Waals surface area contributed by atoms with Crippen LogP contribution in [0.4, 0.5) is 5.69 Å². The molecule has 2 aromatic rings. The van der Waals surface area contributed by atoms with E-state index in [1.165, 1.54) is 16.7 Å². The quantitative estimate of drug-likeness (QED) is 0.110. The molecule has 0 bridgehead atoms. The van der Waals surface area contributed by atoms with E-state index in [4.69, 9.17) is 22.8 Å². The summed E-state index contributed by atoms with van der Waals surface area (Å²) in [6.45, 7) is 12.4. The standard InChI is InChI=1S/C32H47N3O11P2S/c1-8-42-26-22(33-18-17-23(47(40,43-9-2)44-10-3)48(41,45-11-4)46-12-5)19-20-15-13-14-16-21(20)24(26)28(36)34-25-29(37)35-27(31(38)39)32(6,7)49-30(25)35/h13-16,19,23,25,27,30,33H,8-12,17-18H2,1-7H3,(H,34,36)(H,38,39). The lowest BCUT2D eigenvalue weighted by Crippen LogP contribution is -2.70. The Morgan fingerprint density at radius 3 is 2.06 bits per heavy atom. The van der Waals surface area contributed by atoms with E-state index in [9.17, 15) is 28.6 Å². The van der Waals surface area contributed by atoms with Gasteiger partial charge < -0.3 is 43.5 Å². The van der Waals surface area contributed by atoms with Crippen molar-refractivity contribution in [2.24, 2.45) is 0 Å². The zero-order chi connectivity index (χ0) is 36.1. The fourth-order valence-electron chi connectivity index (χ4n) is 6.30. The van der Waals surface area contributed by atoms with Crippen LogP contribution in [0.2, 0.25) is 0 Å². The summed E-state index contributed by atoms with van der Waals surface area (Å²) in [6, 6.07) is 7.08. The van der Waals surface area contributed by atoms with Crippen LogP contribution in [0.3, 0.4) is 0 Å². The third-order valence-electron chi connectivity index (χ3n) is 8.16. The fourth-order valence-corrected chi connectivity index (χ4v) is 13.3. The Morgan fingerprint density at radius 1 is 0.959 bits per heavy atom. The first-order valence-corrected chi connectivity index (χ1v) is 20.6. The number of thioether (sulfide) groups is 1. The van der Waals surface area contributed by atoms with Crippen molar-refractivity contribution >= 4 is 61.2 Å². The Bertz CT molecular complexity index is 1590. The minimum absolute atomic E-state index is 0.0136. The van der Waals surface area contributed by atoms with E-state index < -0.39 is 60.6 Å². The van der Waals surface area contributed by atoms with E-state index in [0.717, 1.165) is 0 Å². The highest BCUT2D eigenvalue weighted by atomic mass is 32.2. The second-order valence-corrected chi connectivity index (χ2v) is 18.4. The first-order chi connectivity index (χ1) is 23.2. The monoisotopic (exact) mass is 743 g/mol. The molecule has 49 heavy (non-hydrogen) atoms. The van der Waals surface area contributed by atoms with Crippen molar-refractivity contribution in [3.63, 3.8) is 0 Å². The first kappa shape index (κ1) is 39.2. The lowest BCUT2D eigenvalue weighted by Gasteiger charge is -2.43. The normalized spacial score (nSPS) is 20.3. The topological polar surface area (TPSA) is 179 Å². The lowest BCUT2D eigenvalue weighted by atomic mass is 9.95. The molecular weight excluding hydrogens is 696 g/mol. The molecule has 2 amide bonds. The van der Waals surface area contributed by atoms with Gasteiger partial charge in [0.1, 0.15) is 17.5 Å². The van der Waals surface area contributed by atoms with Crippen LogP contribution in [-0.2, 0) is 36.8 Å². The van der Waals surface area contributed by atoms with Crippen LogP contribution in [0.25, 0.3) is 10.8 Å². The molecule has 2 saturated heterocycles. The van der Waals surface area contributed by atoms with Crippen LogP contribution in [-0.4, -0.2) is 95.0 Å². The highest BCUT2D eigenvalue weighted by Gasteiger charge is 2.64. The molecule has 2 aromatic carbocycles. The van der Waals surface area contributed by atoms with Crippen LogP contribution in [0.5, 0.6) is 5.75 Å². The van der Waals surface area contributed by atoms with Crippen LogP contribution >= 0.6 is 27.0 Å². The predicted octanol–water partition coefficient (Wildman–Crippen LogP) is 6.14. The van der Waals surface area contributed by atoms with Crippen LogP contribution in [0.15, 0.2) is 30.3 Å². The molecule has 0 spiro atoms. The van der Waals surface area contributed by atoms with Gasteiger partial charge in [-0.3, -0.25) is 18.7 Å². The second-order valence-electron chi connectivity index (χ2n) is 11.8. The summed E-state index contributed by atoms with van der Waals surface area (Å²) in [4.78, 5) is 40.6. The highest BCUT2D eigenvalue weighted by molar-refractivity contribution is 8.01. The molecule has 17 heteroatoms. The molecule has 0 radical (unpaired) electrons. The number of benzene rings is 2. The number of rotatable bonds is 19. The number of carbonyl (C=O) groups is 3. The van der Waals surface area contributed by atoms with Gasteiger partial charge in [0.05, 0.1) is 44.3 Å². The van der Waals surface area contributed by atoms with Crippen molar-refractivity contribution in [2.45, 2.75) is 82.5 Å². The average Bonchev–Trinajstić information content (AvgIpc) is 3.30. The Labute approximate surface area is 291 Å². The van der Waals surface area contributed by atoms with Gasteiger partial charge in [-0.2, -0.15) is 0 Å². The number of nitrogens with zero attached hydrogens (tertiary/aromatic N) is 1. The van der Waals surface area contributed by atoms with E-state index in [0.29, 0.717) is 16.5 Å². The number of carboxylic acids is 1. The first-order valence-electron chi connectivity index (χ1n) is 16.5. The maximum atomic E-state index is 14.1. The molecule has 3 atom stereocenters. The van der Waals surface area contributed by atoms with Gasteiger partial charge in [0.2, 0.25) is 5.91 Å². The fraction of sp³-hybridized carbons (Fsp3) is 0.594. The van der Waals surface area contributed by atoms with Crippen LogP contribution in [0, 0.1) is 0 Å². The molecule has 2 aliphatic heterocycles. The van der Waals surface area contributed by atoms with Crippen molar-refractivity contribution in [1.82, 2.24) is 10.2 Å². The molecule has 3 unspecified atom stereocenters. The molecule has 2 aliphatic rings. The van der Waals surface area contributed by atoms with Crippen molar-refractivity contribution in [1.29, 1.82) is 0 Å². The number of nitrogens with one attached hydrogen (secondary N) is 2. The Balaban J connectivity index is 1.68. The highest BCUT2D eigenvalue weighted by Crippen LogP contribution is 2.71. The number of ether oxygens (including phenoxy) is 1. The average molecular weight is 744 g/mol. The molecule has 2 fully saturated rings. The maximum absolute atomic E-state index is 14.1. The summed E-state index contributed by atoms with van der Waals surface area (Å²) in [7, 11) is -7.98. The van der Waals surface area contributed by atoms with Crippen LogP contribution < -0.4 is 15.4 Å². The minimum atomic E-state index is -3.99. The number of hydrogen-bond donors (Lipinski definition) is 3. The number of hydrogen-bond acceptors (Lipinski definition) is 12. The third kappa shape index (κ3) is 7.83. The van der Waals surface area contributed by atoms with Gasteiger partial charge in [-0.25, -0.2) is 4.79 Å². The van der Waals surface area contributed by atoms with E-state index in [1.807, 2.05) is 18.2 Å². The van der Waals surface area contributed by atoms with E-state index >= 15 is 0 Å². The zero-order valence-electron chi connectivity index (χ0n) is 28.9. The summed E-state index contributed by atoms with van der Waals surface area (Å²) >= 11 is 1.33. The smallest absolute Gasteiger partial charge is 0.345 e. The maximum Gasteiger partial charge on any atom is 0.345 e. The van der Waals surface area contributed by atoms with Gasteiger partial charge in [-0.05, 0) is 71.7 Å². The molecule has 0 aliphatic carbocycles. The number of carboxylic acid groups (broad SMARTS) is 1. The number of amides is 2. The van der Waals surface area contributed by atoms with Crippen molar-refractivity contribution < 1.29 is 51.5 Å². The van der Waals surface area contributed by atoms with Gasteiger partial charge in [0, 0.05) is 11.3 Å². The van der Waals surface area contributed by atoms with Crippen molar-refractivity contribution in [2.75, 3.05) is 44.9 Å². The molecule has 4 rings (SSSR count). The Morgan fingerprint density at radius 2 is 1.53 bits per heavy atom. The summed E-state index contributed by atoms with van der Waals surface area (Å²) in [5, 5.41) is 15.4. The molecule has 2 heterocycles. The molecule has 3 N–H and O–H groups in total. The van der Waals surface area contributed by atoms with Crippen LogP contribution in [0.1, 0.15) is 65.2 Å². The second kappa shape index (κ2) is 16.1. The predicted molar refractivity (Wildman–Crippen MR) is 189 cm³/mol. The van der Waals surface area contributed by atoms with Gasteiger partial charge in [0.25, 0.3) is 5.91 Å². The molecule has 0 aromatic heterocycles.